The second-order valence-corrected chi connectivity index (χ2v) is 23.3. The van der Waals surface area contributed by atoms with Crippen LogP contribution < -0.4 is 0 Å². The van der Waals surface area contributed by atoms with E-state index in [9.17, 15) is 0 Å². The maximum atomic E-state index is 4.91. The number of aromatic nitrogens is 13. The third-order valence-corrected chi connectivity index (χ3v) is 16.5. The molecule has 0 aliphatic rings. The topological polar surface area (TPSA) is 168 Å². The van der Waals surface area contributed by atoms with Crippen LogP contribution >= 0.6 is 0 Å². The Kier molecular flexibility index (Phi) is 19.0. The third-order valence-electron chi connectivity index (χ3n) is 16.5. The lowest BCUT2D eigenvalue weighted by atomic mass is 9.96. The van der Waals surface area contributed by atoms with E-state index >= 15 is 0 Å². The molecule has 16 rings (SSSR count). The van der Waals surface area contributed by atoms with Gasteiger partial charge in [-0.3, -0.25) is 19.9 Å². The van der Waals surface area contributed by atoms with Crippen LogP contribution in [0.3, 0.4) is 0 Å². The van der Waals surface area contributed by atoms with Crippen molar-refractivity contribution in [2.75, 3.05) is 0 Å². The number of hydrogen-bond acceptors (Lipinski definition) is 13. The van der Waals surface area contributed by atoms with Crippen LogP contribution in [0.2, 0.25) is 0 Å². The standard InChI is InChI=1S/C33H24N4.C27H20N4.C26H19N5/c1-23-35-32(28-14-12-26(13-15-28)27-16-18-34-19-17-27)37-33(36-23)31-21-29(24-8-4-2-5-9-24)20-30(22-31)25-10-6-3-7-11-25;1-19-29-26(23-12-10-21(11-13-23)22-14-16-28-17-15-22)31-27(30-19)25-9-5-8-24(18-25)20-6-3-2-4-7-20;1-18-29-25(23-6-2-19(3-7-23)21-10-14-27-15-11-21)31-26(30-18)24-8-4-20(5-9-24)22-12-16-28-17-13-22/h2-22H,1H3;2-18H,1H3;2-17H,1H3. The second-order valence-electron chi connectivity index (χ2n) is 23.3. The van der Waals surface area contributed by atoms with E-state index in [-0.39, 0.29) is 0 Å². The van der Waals surface area contributed by atoms with Gasteiger partial charge in [0.15, 0.2) is 34.9 Å². The molecule has 472 valence electrons. The Morgan fingerprint density at radius 1 is 0.141 bits per heavy atom. The highest BCUT2D eigenvalue weighted by Crippen LogP contribution is 2.35. The first-order chi connectivity index (χ1) is 48.7. The molecule has 0 saturated carbocycles. The molecule has 0 bridgehead atoms. The second kappa shape index (κ2) is 29.9. The lowest BCUT2D eigenvalue weighted by Crippen LogP contribution is -2.00. The molecule has 0 aliphatic heterocycles. The fourth-order valence-electron chi connectivity index (χ4n) is 11.5. The molecule has 0 unspecified atom stereocenters. The zero-order valence-corrected chi connectivity index (χ0v) is 54.5. The average molecular weight is 1280 g/mol. The zero-order chi connectivity index (χ0) is 67.1. The maximum Gasteiger partial charge on any atom is 0.163 e. The molecule has 7 heterocycles. The average Bonchev–Trinajstić information content (AvgIpc) is 0.814. The third kappa shape index (κ3) is 15.6. The number of benzene rings is 9. The molecule has 99 heavy (non-hydrogen) atoms. The molecule has 0 N–H and O–H groups in total. The molecule has 0 atom stereocenters. The van der Waals surface area contributed by atoms with E-state index < -0.39 is 0 Å². The van der Waals surface area contributed by atoms with Crippen molar-refractivity contribution in [1.82, 2.24) is 64.8 Å². The van der Waals surface area contributed by atoms with Gasteiger partial charge in [-0.2, -0.15) is 0 Å². The number of nitrogens with zero attached hydrogens (tertiary/aromatic N) is 13. The summed E-state index contributed by atoms with van der Waals surface area (Å²) in [5.74, 6) is 6.09. The van der Waals surface area contributed by atoms with Crippen LogP contribution in [0, 0.1) is 20.8 Å². The van der Waals surface area contributed by atoms with Crippen LogP contribution in [0.1, 0.15) is 17.5 Å². The number of hydrogen-bond donors (Lipinski definition) is 0. The van der Waals surface area contributed by atoms with Crippen LogP contribution in [0.4, 0.5) is 0 Å². The van der Waals surface area contributed by atoms with Gasteiger partial charge in [0.2, 0.25) is 0 Å². The summed E-state index contributed by atoms with van der Waals surface area (Å²) < 4.78 is 0. The first-order valence-electron chi connectivity index (χ1n) is 32.4. The Labute approximate surface area is 574 Å². The minimum atomic E-state index is 0.662. The first kappa shape index (κ1) is 63.0. The van der Waals surface area contributed by atoms with E-state index in [1.54, 1.807) is 49.6 Å². The van der Waals surface area contributed by atoms with Crippen molar-refractivity contribution in [2.45, 2.75) is 20.8 Å². The Morgan fingerprint density at radius 3 is 0.626 bits per heavy atom. The van der Waals surface area contributed by atoms with Gasteiger partial charge in [-0.05, 0) is 171 Å². The molecule has 16 aromatic rings. The van der Waals surface area contributed by atoms with Crippen LogP contribution in [0.5, 0.6) is 0 Å². The quantitative estimate of drug-likeness (QED) is 0.107. The Bertz CT molecular complexity index is 5170. The van der Waals surface area contributed by atoms with E-state index in [2.05, 4.69) is 209 Å². The van der Waals surface area contributed by atoms with Crippen molar-refractivity contribution in [3.05, 3.63) is 346 Å². The van der Waals surface area contributed by atoms with Crippen molar-refractivity contribution < 1.29 is 0 Å². The molecular weight excluding hydrogens is 1220 g/mol. The molecule has 0 amide bonds. The summed E-state index contributed by atoms with van der Waals surface area (Å²) in [6.45, 7) is 5.71. The summed E-state index contributed by atoms with van der Waals surface area (Å²) in [7, 11) is 0. The Balaban J connectivity index is 0.000000127. The Morgan fingerprint density at radius 2 is 0.333 bits per heavy atom. The number of pyridine rings is 4. The van der Waals surface area contributed by atoms with Gasteiger partial charge < -0.3 is 0 Å². The summed E-state index contributed by atoms with van der Waals surface area (Å²) in [4.78, 5) is 58.5. The van der Waals surface area contributed by atoms with Gasteiger partial charge in [0.25, 0.3) is 0 Å². The van der Waals surface area contributed by atoms with E-state index in [4.69, 9.17) is 19.9 Å². The largest absolute Gasteiger partial charge is 0.265 e. The van der Waals surface area contributed by atoms with E-state index in [0.717, 1.165) is 106 Å². The first-order valence-corrected chi connectivity index (χ1v) is 32.4. The van der Waals surface area contributed by atoms with Crippen LogP contribution in [-0.4, -0.2) is 64.8 Å². The van der Waals surface area contributed by atoms with Gasteiger partial charge in [0.05, 0.1) is 0 Å². The normalized spacial score (nSPS) is 10.8. The van der Waals surface area contributed by atoms with Gasteiger partial charge in [0, 0.05) is 83.0 Å². The summed E-state index contributed by atoms with van der Waals surface area (Å²) in [5, 5.41) is 0. The van der Waals surface area contributed by atoms with Gasteiger partial charge >= 0.3 is 0 Å². The summed E-state index contributed by atoms with van der Waals surface area (Å²) in [5.41, 5.74) is 21.6. The van der Waals surface area contributed by atoms with E-state index in [1.165, 1.54) is 5.56 Å². The summed E-state index contributed by atoms with van der Waals surface area (Å²) >= 11 is 0. The smallest absolute Gasteiger partial charge is 0.163 e. The van der Waals surface area contributed by atoms with Crippen molar-refractivity contribution >= 4 is 0 Å². The molecule has 0 radical (unpaired) electrons. The lowest BCUT2D eigenvalue weighted by Gasteiger charge is -2.12. The van der Waals surface area contributed by atoms with Crippen molar-refractivity contribution in [3.8, 4) is 146 Å². The monoisotopic (exact) mass is 1280 g/mol. The fourth-order valence-corrected chi connectivity index (χ4v) is 11.5. The van der Waals surface area contributed by atoms with Crippen molar-refractivity contribution in [3.63, 3.8) is 0 Å². The highest BCUT2D eigenvalue weighted by molar-refractivity contribution is 5.81. The van der Waals surface area contributed by atoms with Gasteiger partial charge in [-0.25, -0.2) is 44.9 Å². The van der Waals surface area contributed by atoms with Crippen molar-refractivity contribution in [1.29, 1.82) is 0 Å². The SMILES string of the molecule is Cc1nc(-c2ccc(-c3ccncc3)cc2)nc(-c2cc(-c3ccccc3)cc(-c3ccccc3)c2)n1.Cc1nc(-c2ccc(-c3ccncc3)cc2)nc(-c2ccc(-c3ccncc3)cc2)n1.Cc1nc(-c2ccc(-c3ccncc3)cc2)nc(-c2cccc(-c3ccccc3)c2)n1. The number of rotatable bonds is 13. The highest BCUT2D eigenvalue weighted by Gasteiger charge is 2.16. The molecule has 0 aliphatic carbocycles. The number of aryl methyl sites for hydroxylation is 3. The zero-order valence-electron chi connectivity index (χ0n) is 54.5. The van der Waals surface area contributed by atoms with Crippen LogP contribution in [0.25, 0.3) is 146 Å². The molecule has 0 saturated heterocycles. The summed E-state index contributed by atoms with van der Waals surface area (Å²) in [6.07, 6.45) is 14.4. The molecule has 7 aromatic heterocycles. The molecule has 13 heteroatoms. The molecule has 0 spiro atoms. The minimum absolute atomic E-state index is 0.662. The van der Waals surface area contributed by atoms with Crippen LogP contribution in [-0.2, 0) is 0 Å². The fraction of sp³-hybridized carbons (Fsp3) is 0.0349. The Hall–Kier alpha value is -13.4. The molecule has 9 aromatic carbocycles. The molecule has 13 nitrogen and oxygen atoms in total. The predicted octanol–water partition coefficient (Wildman–Crippen LogP) is 19.8. The van der Waals surface area contributed by atoms with E-state index in [1.807, 2.05) is 136 Å². The minimum Gasteiger partial charge on any atom is -0.265 e. The van der Waals surface area contributed by atoms with Crippen LogP contribution in [0.15, 0.2) is 329 Å². The van der Waals surface area contributed by atoms with Gasteiger partial charge in [-0.15, -0.1) is 0 Å². The summed E-state index contributed by atoms with van der Waals surface area (Å²) in [6, 6.07) is 95.0. The lowest BCUT2D eigenvalue weighted by molar-refractivity contribution is 0.991. The maximum absolute atomic E-state index is 4.91. The van der Waals surface area contributed by atoms with Gasteiger partial charge in [0.1, 0.15) is 17.5 Å². The predicted molar refractivity (Wildman–Crippen MR) is 396 cm³/mol. The van der Waals surface area contributed by atoms with Gasteiger partial charge in [-0.1, -0.05) is 206 Å². The van der Waals surface area contributed by atoms with Crippen molar-refractivity contribution in [2.24, 2.45) is 0 Å². The van der Waals surface area contributed by atoms with E-state index in [0.29, 0.717) is 52.4 Å². The molecule has 0 fully saturated rings. The highest BCUT2D eigenvalue weighted by atomic mass is 15.0. The molecular formula is C86H63N13.